The van der Waals surface area contributed by atoms with E-state index < -0.39 is 6.10 Å². The van der Waals surface area contributed by atoms with E-state index in [0.29, 0.717) is 17.2 Å². The van der Waals surface area contributed by atoms with Gasteiger partial charge < -0.3 is 15.2 Å². The van der Waals surface area contributed by atoms with Crippen LogP contribution in [0.1, 0.15) is 13.3 Å². The normalized spacial score (nSPS) is 12.0. The molecule has 0 aliphatic heterocycles. The van der Waals surface area contributed by atoms with Gasteiger partial charge in [0.15, 0.2) is 6.61 Å². The number of aliphatic hydroxyl groups excluding tert-OH is 1. The third-order valence-corrected chi connectivity index (χ3v) is 3.05. The van der Waals surface area contributed by atoms with Crippen LogP contribution in [-0.2, 0) is 4.79 Å². The van der Waals surface area contributed by atoms with E-state index in [0.717, 1.165) is 4.47 Å². The Morgan fingerprint density at radius 3 is 2.94 bits per heavy atom. The highest BCUT2D eigenvalue weighted by Crippen LogP contribution is 2.27. The summed E-state index contributed by atoms with van der Waals surface area (Å²) in [5.74, 6) is 0.160. The number of benzene rings is 1. The molecule has 0 heterocycles. The zero-order valence-electron chi connectivity index (χ0n) is 9.95. The van der Waals surface area contributed by atoms with Crippen LogP contribution < -0.4 is 10.1 Å². The molecule has 0 spiro atoms. The molecule has 18 heavy (non-hydrogen) atoms. The summed E-state index contributed by atoms with van der Waals surface area (Å²) in [7, 11) is 0. The lowest BCUT2D eigenvalue weighted by molar-refractivity contribution is -0.123. The fourth-order valence-corrected chi connectivity index (χ4v) is 1.89. The van der Waals surface area contributed by atoms with Crippen LogP contribution >= 0.6 is 27.5 Å². The molecule has 0 fully saturated rings. The summed E-state index contributed by atoms with van der Waals surface area (Å²) in [6.45, 7) is 1.94. The largest absolute Gasteiger partial charge is 0.482 e. The molecule has 4 nitrogen and oxygen atoms in total. The van der Waals surface area contributed by atoms with Crippen molar-refractivity contribution < 1.29 is 14.6 Å². The van der Waals surface area contributed by atoms with E-state index in [4.69, 9.17) is 16.3 Å². The first kappa shape index (κ1) is 15.3. The van der Waals surface area contributed by atoms with Crippen molar-refractivity contribution in [2.75, 3.05) is 13.2 Å². The lowest BCUT2D eigenvalue weighted by atomic mass is 10.3. The Kier molecular flexibility index (Phi) is 6.46. The second-order valence-electron chi connectivity index (χ2n) is 3.73. The summed E-state index contributed by atoms with van der Waals surface area (Å²) < 4.78 is 6.12. The van der Waals surface area contributed by atoms with Gasteiger partial charge in [0.1, 0.15) is 5.75 Å². The number of hydrogen-bond acceptors (Lipinski definition) is 3. The first-order chi connectivity index (χ1) is 8.52. The predicted molar refractivity (Wildman–Crippen MR) is 74.0 cm³/mol. The second kappa shape index (κ2) is 7.61. The fourth-order valence-electron chi connectivity index (χ4n) is 1.16. The first-order valence-corrected chi connectivity index (χ1v) is 6.72. The molecular formula is C12H15BrClNO3. The summed E-state index contributed by atoms with van der Waals surface area (Å²) in [5, 5.41) is 12.3. The number of amides is 1. The van der Waals surface area contributed by atoms with Gasteiger partial charge in [-0.3, -0.25) is 4.79 Å². The van der Waals surface area contributed by atoms with Gasteiger partial charge in [-0.25, -0.2) is 0 Å². The maximum absolute atomic E-state index is 11.4. The van der Waals surface area contributed by atoms with Crippen LogP contribution in [0.15, 0.2) is 22.7 Å². The van der Waals surface area contributed by atoms with Crippen LogP contribution in [0.5, 0.6) is 5.75 Å². The van der Waals surface area contributed by atoms with Crippen LogP contribution in [0.3, 0.4) is 0 Å². The molecule has 1 amide bonds. The number of carbonyl (C=O) groups excluding carboxylic acids is 1. The van der Waals surface area contributed by atoms with Gasteiger partial charge >= 0.3 is 0 Å². The van der Waals surface area contributed by atoms with Crippen LogP contribution in [0, 0.1) is 0 Å². The quantitative estimate of drug-likeness (QED) is 0.838. The van der Waals surface area contributed by atoms with Crippen molar-refractivity contribution in [2.45, 2.75) is 19.4 Å². The van der Waals surface area contributed by atoms with Gasteiger partial charge in [-0.05, 0) is 24.6 Å². The average Bonchev–Trinajstić information content (AvgIpc) is 2.34. The van der Waals surface area contributed by atoms with Crippen LogP contribution in [-0.4, -0.2) is 30.3 Å². The Bertz CT molecular complexity index is 414. The highest BCUT2D eigenvalue weighted by molar-refractivity contribution is 9.10. The molecule has 1 rings (SSSR count). The molecule has 0 saturated carbocycles. The fraction of sp³-hybridized carbons (Fsp3) is 0.417. The molecule has 6 heteroatoms. The predicted octanol–water partition coefficient (Wildman–Crippen LogP) is 2.37. The van der Waals surface area contributed by atoms with Gasteiger partial charge in [-0.15, -0.1) is 0 Å². The summed E-state index contributed by atoms with van der Waals surface area (Å²) in [5.41, 5.74) is 0. The number of halogens is 2. The Labute approximate surface area is 119 Å². The van der Waals surface area contributed by atoms with Crippen molar-refractivity contribution in [1.82, 2.24) is 5.32 Å². The van der Waals surface area contributed by atoms with Gasteiger partial charge in [-0.2, -0.15) is 0 Å². The van der Waals surface area contributed by atoms with Gasteiger partial charge in [-0.1, -0.05) is 34.5 Å². The Morgan fingerprint density at radius 1 is 1.61 bits per heavy atom. The molecule has 0 radical (unpaired) electrons. The Morgan fingerprint density at radius 2 is 2.33 bits per heavy atom. The van der Waals surface area contributed by atoms with Crippen molar-refractivity contribution in [3.8, 4) is 5.75 Å². The SMILES string of the molecule is CCC(O)CNC(=O)COc1ccc(Br)cc1Cl. The van der Waals surface area contributed by atoms with Gasteiger partial charge in [0.2, 0.25) is 0 Å². The van der Waals surface area contributed by atoms with Crippen molar-refractivity contribution in [2.24, 2.45) is 0 Å². The minimum absolute atomic E-state index is 0.127. The maximum Gasteiger partial charge on any atom is 0.258 e. The van der Waals surface area contributed by atoms with Crippen molar-refractivity contribution in [3.05, 3.63) is 27.7 Å². The molecule has 100 valence electrons. The number of rotatable bonds is 6. The van der Waals surface area contributed by atoms with Crippen LogP contribution in [0.2, 0.25) is 5.02 Å². The number of nitrogens with one attached hydrogen (secondary N) is 1. The van der Waals surface area contributed by atoms with E-state index in [2.05, 4.69) is 21.2 Å². The van der Waals surface area contributed by atoms with Crippen molar-refractivity contribution >= 4 is 33.4 Å². The number of ether oxygens (including phenoxy) is 1. The highest BCUT2D eigenvalue weighted by atomic mass is 79.9. The van der Waals surface area contributed by atoms with E-state index in [1.165, 1.54) is 0 Å². The lowest BCUT2D eigenvalue weighted by Gasteiger charge is -2.11. The summed E-state index contributed by atoms with van der Waals surface area (Å²) in [4.78, 5) is 11.4. The third kappa shape index (κ3) is 5.25. The first-order valence-electron chi connectivity index (χ1n) is 5.55. The van der Waals surface area contributed by atoms with E-state index in [1.807, 2.05) is 6.92 Å². The third-order valence-electron chi connectivity index (χ3n) is 2.26. The molecule has 1 unspecified atom stereocenters. The number of carbonyl (C=O) groups is 1. The van der Waals surface area contributed by atoms with Gasteiger partial charge in [0.25, 0.3) is 5.91 Å². The Hall–Kier alpha value is -0.780. The molecule has 0 aliphatic carbocycles. The van der Waals surface area contributed by atoms with E-state index in [1.54, 1.807) is 18.2 Å². The standard InChI is InChI=1S/C12H15BrClNO3/c1-2-9(16)6-15-12(17)7-18-11-4-3-8(13)5-10(11)14/h3-5,9,16H,2,6-7H2,1H3,(H,15,17). The molecule has 2 N–H and O–H groups in total. The van der Waals surface area contributed by atoms with Crippen LogP contribution in [0.4, 0.5) is 0 Å². The topological polar surface area (TPSA) is 58.6 Å². The summed E-state index contributed by atoms with van der Waals surface area (Å²) in [6, 6.07) is 5.15. The highest BCUT2D eigenvalue weighted by Gasteiger charge is 2.07. The molecule has 1 atom stereocenters. The minimum Gasteiger partial charge on any atom is -0.482 e. The number of aliphatic hydroxyl groups is 1. The van der Waals surface area contributed by atoms with Crippen LogP contribution in [0.25, 0.3) is 0 Å². The van der Waals surface area contributed by atoms with Gasteiger partial charge in [0, 0.05) is 11.0 Å². The average molecular weight is 337 g/mol. The maximum atomic E-state index is 11.4. The monoisotopic (exact) mass is 335 g/mol. The van der Waals surface area contributed by atoms with Crippen molar-refractivity contribution in [1.29, 1.82) is 0 Å². The van der Waals surface area contributed by atoms with Crippen molar-refractivity contribution in [3.63, 3.8) is 0 Å². The molecule has 0 saturated heterocycles. The van der Waals surface area contributed by atoms with E-state index in [9.17, 15) is 9.90 Å². The van der Waals surface area contributed by atoms with E-state index in [-0.39, 0.29) is 19.1 Å². The van der Waals surface area contributed by atoms with E-state index >= 15 is 0 Å². The number of hydrogen-bond donors (Lipinski definition) is 2. The molecule has 0 aliphatic rings. The smallest absolute Gasteiger partial charge is 0.258 e. The molecular weight excluding hydrogens is 321 g/mol. The second-order valence-corrected chi connectivity index (χ2v) is 5.05. The molecule has 0 bridgehead atoms. The zero-order chi connectivity index (χ0) is 13.5. The minimum atomic E-state index is -0.523. The molecule has 1 aromatic rings. The zero-order valence-corrected chi connectivity index (χ0v) is 12.3. The Balaban J connectivity index is 2.38. The molecule has 0 aromatic heterocycles. The lowest BCUT2D eigenvalue weighted by Crippen LogP contribution is -2.35. The molecule has 1 aromatic carbocycles. The summed E-state index contributed by atoms with van der Waals surface area (Å²) in [6.07, 6.45) is 0.0740. The van der Waals surface area contributed by atoms with Gasteiger partial charge in [0.05, 0.1) is 11.1 Å². The summed E-state index contributed by atoms with van der Waals surface area (Å²) >= 11 is 9.21.